The molecule has 0 saturated carbocycles. The fourth-order valence-corrected chi connectivity index (χ4v) is 2.88. The minimum Gasteiger partial charge on any atom is -0.316 e. The number of urea groups is 1. The van der Waals surface area contributed by atoms with Crippen molar-refractivity contribution in [2.45, 2.75) is 20.0 Å². The third-order valence-corrected chi connectivity index (χ3v) is 4.34. The van der Waals surface area contributed by atoms with Gasteiger partial charge in [-0.2, -0.15) is 0 Å². The molecular weight excluding hydrogens is 320 g/mol. The molecule has 5 nitrogen and oxygen atoms in total. The van der Waals surface area contributed by atoms with Crippen LogP contribution < -0.4 is 5.32 Å². The van der Waals surface area contributed by atoms with E-state index in [1.807, 2.05) is 35.7 Å². The summed E-state index contributed by atoms with van der Waals surface area (Å²) in [6.07, 6.45) is 5.18. The van der Waals surface area contributed by atoms with Gasteiger partial charge in [0.25, 0.3) is 0 Å². The van der Waals surface area contributed by atoms with Crippen LogP contribution in [0.2, 0.25) is 0 Å². The van der Waals surface area contributed by atoms with E-state index in [-0.39, 0.29) is 6.03 Å². The predicted octanol–water partition coefficient (Wildman–Crippen LogP) is 4.08. The van der Waals surface area contributed by atoms with E-state index in [9.17, 15) is 4.79 Å². The number of aromatic nitrogens is 2. The fourth-order valence-electron chi connectivity index (χ4n) is 2.36. The summed E-state index contributed by atoms with van der Waals surface area (Å²) < 4.78 is 0. The Hall–Kier alpha value is -2.73. The van der Waals surface area contributed by atoms with Crippen LogP contribution >= 0.6 is 11.3 Å². The van der Waals surface area contributed by atoms with E-state index in [0.29, 0.717) is 18.2 Å². The van der Waals surface area contributed by atoms with Crippen molar-refractivity contribution in [3.63, 3.8) is 0 Å². The molecule has 2 heterocycles. The van der Waals surface area contributed by atoms with Gasteiger partial charge in [0.1, 0.15) is 0 Å². The van der Waals surface area contributed by atoms with E-state index in [1.165, 1.54) is 11.3 Å². The Bertz CT molecular complexity index is 790. The van der Waals surface area contributed by atoms with Gasteiger partial charge in [0.05, 0.1) is 0 Å². The van der Waals surface area contributed by atoms with E-state index in [1.54, 1.807) is 23.5 Å². The number of hydrogen-bond acceptors (Lipinski definition) is 4. The number of pyridine rings is 1. The maximum atomic E-state index is 12.7. The summed E-state index contributed by atoms with van der Waals surface area (Å²) in [6, 6.07) is 11.8. The van der Waals surface area contributed by atoms with Gasteiger partial charge in [0.2, 0.25) is 0 Å². The Morgan fingerprint density at radius 1 is 1.17 bits per heavy atom. The van der Waals surface area contributed by atoms with Crippen LogP contribution in [0.25, 0.3) is 0 Å². The van der Waals surface area contributed by atoms with E-state index < -0.39 is 0 Å². The largest absolute Gasteiger partial charge is 0.324 e. The SMILES string of the molecule is Cc1ccccc1CN(Cc1cccnc1)C(=O)Nc1nccs1. The smallest absolute Gasteiger partial charge is 0.316 e. The monoisotopic (exact) mass is 338 g/mol. The molecule has 0 bridgehead atoms. The van der Waals surface area contributed by atoms with Gasteiger partial charge in [0, 0.05) is 37.1 Å². The zero-order chi connectivity index (χ0) is 16.8. The van der Waals surface area contributed by atoms with E-state index in [4.69, 9.17) is 0 Å². The average molecular weight is 338 g/mol. The zero-order valence-electron chi connectivity index (χ0n) is 13.3. The molecule has 2 amide bonds. The van der Waals surface area contributed by atoms with Crippen LogP contribution in [0.4, 0.5) is 9.93 Å². The molecule has 0 radical (unpaired) electrons. The molecule has 0 aliphatic rings. The molecule has 1 N–H and O–H groups in total. The highest BCUT2D eigenvalue weighted by Gasteiger charge is 2.16. The van der Waals surface area contributed by atoms with Crippen molar-refractivity contribution < 1.29 is 4.79 Å². The first-order valence-electron chi connectivity index (χ1n) is 7.61. The number of benzene rings is 1. The van der Waals surface area contributed by atoms with E-state index in [2.05, 4.69) is 28.3 Å². The summed E-state index contributed by atoms with van der Waals surface area (Å²) in [5, 5.41) is 5.29. The Labute approximate surface area is 145 Å². The standard InChI is InChI=1S/C18H18N4OS/c1-14-5-2-3-7-16(14)13-22(12-15-6-4-8-19-11-15)18(23)21-17-20-9-10-24-17/h2-11H,12-13H2,1H3,(H,20,21,23). The first-order chi connectivity index (χ1) is 11.7. The van der Waals surface area contributed by atoms with Crippen LogP contribution in [0.5, 0.6) is 0 Å². The Morgan fingerprint density at radius 2 is 2.04 bits per heavy atom. The molecule has 0 fully saturated rings. The molecule has 0 atom stereocenters. The van der Waals surface area contributed by atoms with Gasteiger partial charge in [-0.3, -0.25) is 10.3 Å². The minimum atomic E-state index is -0.169. The zero-order valence-corrected chi connectivity index (χ0v) is 14.2. The molecule has 3 aromatic rings. The minimum absolute atomic E-state index is 0.169. The van der Waals surface area contributed by atoms with Crippen molar-refractivity contribution in [3.8, 4) is 0 Å². The van der Waals surface area contributed by atoms with Crippen LogP contribution in [0, 0.1) is 6.92 Å². The van der Waals surface area contributed by atoms with Gasteiger partial charge in [-0.15, -0.1) is 11.3 Å². The predicted molar refractivity (Wildman–Crippen MR) is 95.8 cm³/mol. The van der Waals surface area contributed by atoms with Crippen LogP contribution in [-0.2, 0) is 13.1 Å². The molecule has 1 aromatic carbocycles. The van der Waals surface area contributed by atoms with Gasteiger partial charge >= 0.3 is 6.03 Å². The van der Waals surface area contributed by atoms with Gasteiger partial charge in [-0.1, -0.05) is 30.3 Å². The molecule has 6 heteroatoms. The number of carbonyl (C=O) groups is 1. The number of hydrogen-bond donors (Lipinski definition) is 1. The number of anilines is 1. The van der Waals surface area contributed by atoms with E-state index >= 15 is 0 Å². The summed E-state index contributed by atoms with van der Waals surface area (Å²) in [7, 11) is 0. The first kappa shape index (κ1) is 16.1. The summed E-state index contributed by atoms with van der Waals surface area (Å²) >= 11 is 1.40. The number of nitrogens with zero attached hydrogens (tertiary/aromatic N) is 3. The number of aryl methyl sites for hydroxylation is 1. The summed E-state index contributed by atoms with van der Waals surface area (Å²) in [6.45, 7) is 3.06. The van der Waals surface area contributed by atoms with Crippen molar-refractivity contribution in [2.75, 3.05) is 5.32 Å². The number of thiazole rings is 1. The van der Waals surface area contributed by atoms with Crippen molar-refractivity contribution in [1.29, 1.82) is 0 Å². The molecule has 0 spiro atoms. The van der Waals surface area contributed by atoms with Gasteiger partial charge < -0.3 is 4.90 Å². The summed E-state index contributed by atoms with van der Waals surface area (Å²) in [5.74, 6) is 0. The maximum absolute atomic E-state index is 12.7. The number of carbonyl (C=O) groups excluding carboxylic acids is 1. The molecule has 0 aliphatic carbocycles. The molecule has 0 unspecified atom stereocenters. The lowest BCUT2D eigenvalue weighted by atomic mass is 10.1. The number of rotatable bonds is 5. The Kier molecular flexibility index (Phi) is 5.18. The second-order valence-electron chi connectivity index (χ2n) is 5.41. The highest BCUT2D eigenvalue weighted by molar-refractivity contribution is 7.13. The fraction of sp³-hybridized carbons (Fsp3) is 0.167. The lowest BCUT2D eigenvalue weighted by Gasteiger charge is -2.23. The van der Waals surface area contributed by atoms with E-state index in [0.717, 1.165) is 16.7 Å². The number of nitrogens with one attached hydrogen (secondary N) is 1. The topological polar surface area (TPSA) is 58.1 Å². The Balaban J connectivity index is 1.80. The van der Waals surface area contributed by atoms with Crippen molar-refractivity contribution in [1.82, 2.24) is 14.9 Å². The normalized spacial score (nSPS) is 10.4. The van der Waals surface area contributed by atoms with Crippen LogP contribution in [0.15, 0.2) is 60.4 Å². The van der Waals surface area contributed by atoms with Gasteiger partial charge in [0.15, 0.2) is 5.13 Å². The second-order valence-corrected chi connectivity index (χ2v) is 6.31. The molecule has 2 aromatic heterocycles. The maximum Gasteiger partial charge on any atom is 0.324 e. The third kappa shape index (κ3) is 4.17. The van der Waals surface area contributed by atoms with Crippen LogP contribution in [0.3, 0.4) is 0 Å². The lowest BCUT2D eigenvalue weighted by Crippen LogP contribution is -2.34. The lowest BCUT2D eigenvalue weighted by molar-refractivity contribution is 0.206. The molecule has 24 heavy (non-hydrogen) atoms. The van der Waals surface area contributed by atoms with Crippen molar-refractivity contribution >= 4 is 22.5 Å². The molecule has 0 aliphatic heterocycles. The molecular formula is C18H18N4OS. The molecule has 3 rings (SSSR count). The summed E-state index contributed by atoms with van der Waals surface area (Å²) in [5.41, 5.74) is 3.27. The summed E-state index contributed by atoms with van der Waals surface area (Å²) in [4.78, 5) is 22.7. The van der Waals surface area contributed by atoms with Crippen LogP contribution in [-0.4, -0.2) is 20.9 Å². The highest BCUT2D eigenvalue weighted by atomic mass is 32.1. The average Bonchev–Trinajstić information content (AvgIpc) is 3.10. The van der Waals surface area contributed by atoms with Gasteiger partial charge in [-0.25, -0.2) is 9.78 Å². The highest BCUT2D eigenvalue weighted by Crippen LogP contribution is 2.16. The van der Waals surface area contributed by atoms with Crippen molar-refractivity contribution in [3.05, 3.63) is 77.1 Å². The quantitative estimate of drug-likeness (QED) is 0.762. The first-order valence-corrected chi connectivity index (χ1v) is 8.49. The van der Waals surface area contributed by atoms with Crippen molar-refractivity contribution in [2.24, 2.45) is 0 Å². The Morgan fingerprint density at radius 3 is 2.75 bits per heavy atom. The van der Waals surface area contributed by atoms with Gasteiger partial charge in [-0.05, 0) is 29.7 Å². The third-order valence-electron chi connectivity index (χ3n) is 3.65. The number of amides is 2. The van der Waals surface area contributed by atoms with Crippen LogP contribution in [0.1, 0.15) is 16.7 Å². The second kappa shape index (κ2) is 7.70. The molecule has 0 saturated heterocycles. The molecule has 122 valence electrons.